The summed E-state index contributed by atoms with van der Waals surface area (Å²) in [5, 5.41) is 3.37. The normalized spacial score (nSPS) is 20.2. The number of carbonyl (C=O) groups is 1. The van der Waals surface area contributed by atoms with Gasteiger partial charge in [-0.05, 0) is 50.6 Å². The molecule has 1 aromatic carbocycles. The monoisotopic (exact) mass is 262 g/mol. The first kappa shape index (κ1) is 13.7. The van der Waals surface area contributed by atoms with Gasteiger partial charge in [-0.2, -0.15) is 0 Å². The second kappa shape index (κ2) is 5.93. The Bertz CT molecular complexity index is 461. The first-order valence-corrected chi connectivity index (χ1v) is 6.68. The summed E-state index contributed by atoms with van der Waals surface area (Å²) >= 11 is 0. The van der Waals surface area contributed by atoms with Gasteiger partial charge in [-0.1, -0.05) is 0 Å². The van der Waals surface area contributed by atoms with E-state index in [1.165, 1.54) is 19.4 Å². The number of nitrogens with one attached hydrogen (secondary N) is 1. The zero-order valence-corrected chi connectivity index (χ0v) is 11.4. The highest BCUT2D eigenvalue weighted by Crippen LogP contribution is 2.20. The first-order valence-electron chi connectivity index (χ1n) is 6.68. The number of nitrogens with two attached hydrogens (primary N) is 2. The van der Waals surface area contributed by atoms with Crippen LogP contribution >= 0.6 is 0 Å². The summed E-state index contributed by atoms with van der Waals surface area (Å²) < 4.78 is 0. The first-order chi connectivity index (χ1) is 9.06. The van der Waals surface area contributed by atoms with Crippen molar-refractivity contribution in [2.45, 2.75) is 12.8 Å². The van der Waals surface area contributed by atoms with Gasteiger partial charge in [-0.3, -0.25) is 4.79 Å². The molecule has 19 heavy (non-hydrogen) atoms. The maximum absolute atomic E-state index is 11.2. The average molecular weight is 262 g/mol. The van der Waals surface area contributed by atoms with Crippen LogP contribution in [0.15, 0.2) is 18.2 Å². The minimum atomic E-state index is -0.487. The molecule has 1 unspecified atom stereocenters. The molecule has 0 aliphatic carbocycles. The van der Waals surface area contributed by atoms with Crippen LogP contribution in [0.5, 0.6) is 0 Å². The van der Waals surface area contributed by atoms with E-state index in [0.29, 0.717) is 17.2 Å². The number of hydrogen-bond acceptors (Lipinski definition) is 4. The van der Waals surface area contributed by atoms with Crippen molar-refractivity contribution >= 4 is 17.3 Å². The number of benzene rings is 1. The molecule has 104 valence electrons. The number of likely N-dealkylation sites (tertiary alicyclic amines) is 1. The molecule has 0 saturated carbocycles. The largest absolute Gasteiger partial charge is 0.398 e. The summed E-state index contributed by atoms with van der Waals surface area (Å²) in [6.45, 7) is 3.21. The third-order valence-corrected chi connectivity index (χ3v) is 3.64. The third kappa shape index (κ3) is 3.61. The van der Waals surface area contributed by atoms with Crippen LogP contribution in [0.25, 0.3) is 0 Å². The highest BCUT2D eigenvalue weighted by molar-refractivity contribution is 5.98. The smallest absolute Gasteiger partial charge is 0.250 e. The molecule has 0 aromatic heterocycles. The van der Waals surface area contributed by atoms with Gasteiger partial charge in [0.25, 0.3) is 5.91 Å². The quantitative estimate of drug-likeness (QED) is 0.710. The second-order valence-corrected chi connectivity index (χ2v) is 5.32. The van der Waals surface area contributed by atoms with Gasteiger partial charge in [0.15, 0.2) is 0 Å². The molecule has 0 radical (unpaired) electrons. The van der Waals surface area contributed by atoms with E-state index in [9.17, 15) is 4.79 Å². The molecule has 0 bridgehead atoms. The molecule has 5 nitrogen and oxygen atoms in total. The van der Waals surface area contributed by atoms with Gasteiger partial charge in [-0.25, -0.2) is 0 Å². The molecule has 1 aliphatic rings. The van der Waals surface area contributed by atoms with Crippen LogP contribution < -0.4 is 16.8 Å². The molecule has 2 rings (SSSR count). The van der Waals surface area contributed by atoms with Gasteiger partial charge in [0, 0.05) is 24.5 Å². The van der Waals surface area contributed by atoms with Crippen molar-refractivity contribution in [2.24, 2.45) is 11.7 Å². The SMILES string of the molecule is CN1CCCC(CNc2ccc(N)c(C(N)=O)c2)C1. The fourth-order valence-corrected chi connectivity index (χ4v) is 2.58. The van der Waals surface area contributed by atoms with Crippen LogP contribution in [0.2, 0.25) is 0 Å². The molecule has 5 N–H and O–H groups in total. The zero-order valence-electron chi connectivity index (χ0n) is 11.4. The molecule has 1 amide bonds. The summed E-state index contributed by atoms with van der Waals surface area (Å²) in [5.74, 6) is 0.159. The number of carbonyl (C=O) groups excluding carboxylic acids is 1. The van der Waals surface area contributed by atoms with Gasteiger partial charge in [0.05, 0.1) is 5.56 Å². The van der Waals surface area contributed by atoms with Gasteiger partial charge in [0.2, 0.25) is 0 Å². The van der Waals surface area contributed by atoms with E-state index in [2.05, 4.69) is 17.3 Å². The number of rotatable bonds is 4. The van der Waals surface area contributed by atoms with Crippen molar-refractivity contribution in [3.05, 3.63) is 23.8 Å². The molecule has 1 saturated heterocycles. The molecule has 1 atom stereocenters. The number of nitrogen functional groups attached to an aromatic ring is 1. The lowest BCUT2D eigenvalue weighted by molar-refractivity contribution is 0.100. The predicted octanol–water partition coefficient (Wildman–Crippen LogP) is 1.12. The molecule has 1 aromatic rings. The molecule has 1 heterocycles. The maximum atomic E-state index is 11.2. The predicted molar refractivity (Wildman–Crippen MR) is 78.1 cm³/mol. The minimum Gasteiger partial charge on any atom is -0.398 e. The molecule has 1 fully saturated rings. The Kier molecular flexibility index (Phi) is 4.27. The molecule has 0 spiro atoms. The second-order valence-electron chi connectivity index (χ2n) is 5.32. The standard InChI is InChI=1S/C14H22N4O/c1-18-6-2-3-10(9-18)8-17-11-4-5-13(15)12(7-11)14(16)19/h4-5,7,10,17H,2-3,6,8-9,15H2,1H3,(H2,16,19). The van der Waals surface area contributed by atoms with Crippen molar-refractivity contribution in [3.8, 4) is 0 Å². The third-order valence-electron chi connectivity index (χ3n) is 3.64. The lowest BCUT2D eigenvalue weighted by Gasteiger charge is -2.30. The summed E-state index contributed by atoms with van der Waals surface area (Å²) in [6.07, 6.45) is 2.49. The van der Waals surface area contributed by atoms with E-state index in [0.717, 1.165) is 18.8 Å². The van der Waals surface area contributed by atoms with E-state index < -0.39 is 5.91 Å². The van der Waals surface area contributed by atoms with Gasteiger partial charge < -0.3 is 21.7 Å². The average Bonchev–Trinajstić information content (AvgIpc) is 2.37. The van der Waals surface area contributed by atoms with Crippen molar-refractivity contribution in [2.75, 3.05) is 37.7 Å². The van der Waals surface area contributed by atoms with Crippen molar-refractivity contribution in [1.82, 2.24) is 4.90 Å². The fraction of sp³-hybridized carbons (Fsp3) is 0.500. The van der Waals surface area contributed by atoms with Gasteiger partial charge in [0.1, 0.15) is 0 Å². The maximum Gasteiger partial charge on any atom is 0.250 e. The summed E-state index contributed by atoms with van der Waals surface area (Å²) in [4.78, 5) is 13.6. The number of anilines is 2. The Morgan fingerprint density at radius 1 is 1.53 bits per heavy atom. The Hall–Kier alpha value is -1.75. The van der Waals surface area contributed by atoms with Crippen LogP contribution in [0.1, 0.15) is 23.2 Å². The lowest BCUT2D eigenvalue weighted by Crippen LogP contribution is -2.35. The Labute approximate surface area is 113 Å². The number of primary amides is 1. The van der Waals surface area contributed by atoms with Gasteiger partial charge >= 0.3 is 0 Å². The summed E-state index contributed by atoms with van der Waals surface area (Å²) in [7, 11) is 2.15. The summed E-state index contributed by atoms with van der Waals surface area (Å²) in [6, 6.07) is 5.33. The fourth-order valence-electron chi connectivity index (χ4n) is 2.58. The minimum absolute atomic E-state index is 0.380. The lowest BCUT2D eigenvalue weighted by atomic mass is 9.98. The summed E-state index contributed by atoms with van der Waals surface area (Å²) in [5.41, 5.74) is 12.7. The molecular weight excluding hydrogens is 240 g/mol. The van der Waals surface area contributed by atoms with Gasteiger partial charge in [-0.15, -0.1) is 0 Å². The van der Waals surface area contributed by atoms with Crippen LogP contribution in [0.3, 0.4) is 0 Å². The Morgan fingerprint density at radius 2 is 2.32 bits per heavy atom. The van der Waals surface area contributed by atoms with E-state index in [4.69, 9.17) is 11.5 Å². The van der Waals surface area contributed by atoms with E-state index >= 15 is 0 Å². The topological polar surface area (TPSA) is 84.4 Å². The Balaban J connectivity index is 1.96. The van der Waals surface area contributed by atoms with Crippen LogP contribution in [0.4, 0.5) is 11.4 Å². The van der Waals surface area contributed by atoms with Crippen molar-refractivity contribution in [3.63, 3.8) is 0 Å². The van der Waals surface area contributed by atoms with Crippen molar-refractivity contribution < 1.29 is 4.79 Å². The van der Waals surface area contributed by atoms with E-state index in [-0.39, 0.29) is 0 Å². The van der Waals surface area contributed by atoms with Crippen molar-refractivity contribution in [1.29, 1.82) is 0 Å². The van der Waals surface area contributed by atoms with E-state index in [1.54, 1.807) is 12.1 Å². The Morgan fingerprint density at radius 3 is 3.00 bits per heavy atom. The number of amides is 1. The molecular formula is C14H22N4O. The molecule has 5 heteroatoms. The highest BCUT2D eigenvalue weighted by atomic mass is 16.1. The number of hydrogen-bond donors (Lipinski definition) is 3. The number of nitrogens with zero attached hydrogens (tertiary/aromatic N) is 1. The van der Waals surface area contributed by atoms with E-state index in [1.807, 2.05) is 6.07 Å². The highest BCUT2D eigenvalue weighted by Gasteiger charge is 2.16. The van der Waals surface area contributed by atoms with Crippen LogP contribution in [-0.2, 0) is 0 Å². The zero-order chi connectivity index (χ0) is 13.8. The van der Waals surface area contributed by atoms with Crippen LogP contribution in [-0.4, -0.2) is 37.5 Å². The van der Waals surface area contributed by atoms with Crippen LogP contribution in [0, 0.1) is 5.92 Å². The number of piperidine rings is 1. The molecule has 1 aliphatic heterocycles.